The van der Waals surface area contributed by atoms with E-state index in [2.05, 4.69) is 22.9 Å². The van der Waals surface area contributed by atoms with E-state index < -0.39 is 0 Å². The highest BCUT2D eigenvalue weighted by Crippen LogP contribution is 2.33. The largest absolute Gasteiger partial charge is 0.389 e. The molecule has 0 aliphatic heterocycles. The molecule has 1 heterocycles. The van der Waals surface area contributed by atoms with E-state index in [9.17, 15) is 5.11 Å². The zero-order valence-electron chi connectivity index (χ0n) is 9.56. The van der Waals surface area contributed by atoms with Crippen LogP contribution in [-0.4, -0.2) is 9.67 Å². The van der Waals surface area contributed by atoms with Gasteiger partial charge in [-0.2, -0.15) is 0 Å². The average molecular weight is 215 g/mol. The van der Waals surface area contributed by atoms with Crippen LogP contribution in [0.2, 0.25) is 0 Å². The molecule has 1 aliphatic carbocycles. The molecule has 0 spiro atoms. The number of benzene rings is 1. The maximum Gasteiger partial charge on any atom is 0.0768 e. The second-order valence-corrected chi connectivity index (χ2v) is 4.87. The number of nitrogens with zero attached hydrogens (tertiary/aromatic N) is 1. The third-order valence-electron chi connectivity index (χ3n) is 3.45. The predicted octanol–water partition coefficient (Wildman–Crippen LogP) is 3.10. The number of aliphatic hydroxyl groups excluding tert-OH is 1. The summed E-state index contributed by atoms with van der Waals surface area (Å²) in [5.41, 5.74) is 2.29. The Hall–Kier alpha value is -1.28. The highest BCUT2D eigenvalue weighted by Gasteiger charge is 2.22. The van der Waals surface area contributed by atoms with Gasteiger partial charge >= 0.3 is 0 Å². The minimum atomic E-state index is -0.388. The van der Waals surface area contributed by atoms with Crippen molar-refractivity contribution in [3.8, 4) is 0 Å². The van der Waals surface area contributed by atoms with Crippen molar-refractivity contribution >= 4 is 10.9 Å². The molecule has 0 bridgehead atoms. The van der Waals surface area contributed by atoms with Gasteiger partial charge in [-0.1, -0.05) is 12.1 Å². The molecule has 2 aromatic rings. The number of fused-ring (bicyclic) bond motifs is 1. The quantitative estimate of drug-likeness (QED) is 0.836. The summed E-state index contributed by atoms with van der Waals surface area (Å²) < 4.78 is 2.32. The van der Waals surface area contributed by atoms with Gasteiger partial charge < -0.3 is 9.67 Å². The summed E-state index contributed by atoms with van der Waals surface area (Å²) >= 11 is 0. The Labute approximate surface area is 95.5 Å². The fourth-order valence-corrected chi connectivity index (χ4v) is 2.35. The van der Waals surface area contributed by atoms with E-state index in [0.717, 1.165) is 18.0 Å². The van der Waals surface area contributed by atoms with Crippen LogP contribution in [0.3, 0.4) is 0 Å². The van der Waals surface area contributed by atoms with Crippen LogP contribution in [0, 0.1) is 5.92 Å². The van der Waals surface area contributed by atoms with Gasteiger partial charge in [0.1, 0.15) is 0 Å². The monoisotopic (exact) mass is 215 g/mol. The molecule has 3 rings (SSSR count). The number of rotatable bonds is 3. The lowest BCUT2D eigenvalue weighted by atomic mass is 10.1. The van der Waals surface area contributed by atoms with Gasteiger partial charge in [-0.3, -0.25) is 0 Å². The predicted molar refractivity (Wildman–Crippen MR) is 65.3 cm³/mol. The van der Waals surface area contributed by atoms with Crippen molar-refractivity contribution in [3.63, 3.8) is 0 Å². The molecule has 84 valence electrons. The Balaban J connectivity index is 2.08. The molecule has 1 saturated carbocycles. The van der Waals surface area contributed by atoms with Gasteiger partial charge in [0.2, 0.25) is 0 Å². The summed E-state index contributed by atoms with van der Waals surface area (Å²) in [5.74, 6) is 0.880. The first kappa shape index (κ1) is 9.91. The maximum atomic E-state index is 9.72. The standard InChI is InChI=1S/C14H17NO/c1-10(16)12-3-2-4-14-13(12)7-8-15(14)9-11-5-6-11/h2-4,7-8,10-11,16H,5-6,9H2,1H3. The smallest absolute Gasteiger partial charge is 0.0768 e. The molecule has 1 N–H and O–H groups in total. The number of hydrogen-bond acceptors (Lipinski definition) is 1. The van der Waals surface area contributed by atoms with Crippen molar-refractivity contribution < 1.29 is 5.11 Å². The van der Waals surface area contributed by atoms with Gasteiger partial charge in [-0.15, -0.1) is 0 Å². The van der Waals surface area contributed by atoms with E-state index in [0.29, 0.717) is 0 Å². The molecule has 1 fully saturated rings. The molecule has 0 amide bonds. The van der Waals surface area contributed by atoms with E-state index in [1.54, 1.807) is 0 Å². The summed E-state index contributed by atoms with van der Waals surface area (Å²) in [4.78, 5) is 0. The molecule has 2 heteroatoms. The number of aliphatic hydroxyl groups is 1. The van der Waals surface area contributed by atoms with Crippen molar-refractivity contribution in [2.24, 2.45) is 5.92 Å². The Morgan fingerprint density at radius 1 is 1.38 bits per heavy atom. The highest BCUT2D eigenvalue weighted by atomic mass is 16.3. The highest BCUT2D eigenvalue weighted by molar-refractivity contribution is 5.84. The van der Waals surface area contributed by atoms with Gasteiger partial charge in [0.25, 0.3) is 0 Å². The SMILES string of the molecule is CC(O)c1cccc2c1ccn2CC1CC1. The van der Waals surface area contributed by atoms with Crippen LogP contribution >= 0.6 is 0 Å². The van der Waals surface area contributed by atoms with Crippen molar-refractivity contribution in [1.29, 1.82) is 0 Å². The fraction of sp³-hybridized carbons (Fsp3) is 0.429. The number of aromatic nitrogens is 1. The van der Waals surface area contributed by atoms with E-state index in [4.69, 9.17) is 0 Å². The molecule has 2 nitrogen and oxygen atoms in total. The van der Waals surface area contributed by atoms with Crippen LogP contribution in [0.15, 0.2) is 30.5 Å². The van der Waals surface area contributed by atoms with Crippen molar-refractivity contribution in [3.05, 3.63) is 36.0 Å². The molecular weight excluding hydrogens is 198 g/mol. The van der Waals surface area contributed by atoms with Crippen LogP contribution in [0.4, 0.5) is 0 Å². The third kappa shape index (κ3) is 1.63. The molecule has 16 heavy (non-hydrogen) atoms. The lowest BCUT2D eigenvalue weighted by Gasteiger charge is -2.08. The summed E-state index contributed by atoms with van der Waals surface area (Å²) in [5, 5.41) is 10.9. The molecule has 1 unspecified atom stereocenters. The Bertz CT molecular complexity index is 508. The first-order valence-electron chi connectivity index (χ1n) is 6.01. The first-order chi connectivity index (χ1) is 7.75. The lowest BCUT2D eigenvalue weighted by molar-refractivity contribution is 0.201. The second-order valence-electron chi connectivity index (χ2n) is 4.87. The molecule has 0 saturated heterocycles. The van der Waals surface area contributed by atoms with Crippen molar-refractivity contribution in [1.82, 2.24) is 4.57 Å². The molecule has 1 aromatic carbocycles. The van der Waals surface area contributed by atoms with Crippen LogP contribution in [0.1, 0.15) is 31.4 Å². The molecule has 0 radical (unpaired) electrons. The van der Waals surface area contributed by atoms with Gasteiger partial charge in [0.15, 0.2) is 0 Å². The summed E-state index contributed by atoms with van der Waals surface area (Å²) in [6, 6.07) is 8.31. The van der Waals surface area contributed by atoms with Gasteiger partial charge in [0, 0.05) is 23.6 Å². The van der Waals surface area contributed by atoms with Gasteiger partial charge in [-0.25, -0.2) is 0 Å². The van der Waals surface area contributed by atoms with E-state index >= 15 is 0 Å². The van der Waals surface area contributed by atoms with Gasteiger partial charge in [0.05, 0.1) is 6.10 Å². The summed E-state index contributed by atoms with van der Waals surface area (Å²) in [6.45, 7) is 2.96. The zero-order chi connectivity index (χ0) is 11.1. The summed E-state index contributed by atoms with van der Waals surface area (Å²) in [6.07, 6.45) is 4.50. The third-order valence-corrected chi connectivity index (χ3v) is 3.45. The minimum Gasteiger partial charge on any atom is -0.389 e. The summed E-state index contributed by atoms with van der Waals surface area (Å²) in [7, 11) is 0. The Morgan fingerprint density at radius 2 is 2.19 bits per heavy atom. The first-order valence-corrected chi connectivity index (χ1v) is 6.01. The Morgan fingerprint density at radius 3 is 2.88 bits per heavy atom. The van der Waals surface area contributed by atoms with E-state index in [1.165, 1.54) is 23.7 Å². The molecule has 1 atom stereocenters. The fourth-order valence-electron chi connectivity index (χ4n) is 2.35. The van der Waals surface area contributed by atoms with Crippen LogP contribution in [0.5, 0.6) is 0 Å². The molecular formula is C14H17NO. The van der Waals surface area contributed by atoms with Crippen molar-refractivity contribution in [2.75, 3.05) is 0 Å². The van der Waals surface area contributed by atoms with E-state index in [1.807, 2.05) is 19.1 Å². The van der Waals surface area contributed by atoms with Crippen LogP contribution < -0.4 is 0 Å². The van der Waals surface area contributed by atoms with Crippen LogP contribution in [-0.2, 0) is 6.54 Å². The number of hydrogen-bond donors (Lipinski definition) is 1. The second kappa shape index (κ2) is 3.63. The Kier molecular flexibility index (Phi) is 2.25. The minimum absolute atomic E-state index is 0.388. The average Bonchev–Trinajstić information content (AvgIpc) is 2.98. The molecule has 1 aromatic heterocycles. The van der Waals surface area contributed by atoms with E-state index in [-0.39, 0.29) is 6.10 Å². The molecule has 1 aliphatic rings. The van der Waals surface area contributed by atoms with Crippen molar-refractivity contribution in [2.45, 2.75) is 32.4 Å². The zero-order valence-corrected chi connectivity index (χ0v) is 9.56. The topological polar surface area (TPSA) is 25.2 Å². The maximum absolute atomic E-state index is 9.72. The van der Waals surface area contributed by atoms with Crippen LogP contribution in [0.25, 0.3) is 10.9 Å². The van der Waals surface area contributed by atoms with Gasteiger partial charge in [-0.05, 0) is 43.4 Å². The lowest BCUT2D eigenvalue weighted by Crippen LogP contribution is -1.98. The normalized spacial score (nSPS) is 17.9.